The Bertz CT molecular complexity index is 706. The van der Waals surface area contributed by atoms with Crippen molar-refractivity contribution in [2.75, 3.05) is 5.32 Å². The molecule has 0 aliphatic heterocycles. The lowest BCUT2D eigenvalue weighted by molar-refractivity contribution is -0.114. The lowest BCUT2D eigenvalue weighted by atomic mass is 9.89. The summed E-state index contributed by atoms with van der Waals surface area (Å²) in [5.74, 6) is -0.0399. The normalized spacial score (nSPS) is 14.8. The molecule has 2 N–H and O–H groups in total. The molecule has 0 unspecified atom stereocenters. The van der Waals surface area contributed by atoms with Crippen LogP contribution in [0.3, 0.4) is 0 Å². The Morgan fingerprint density at radius 1 is 1.04 bits per heavy atom. The van der Waals surface area contributed by atoms with Crippen molar-refractivity contribution < 1.29 is 4.79 Å². The van der Waals surface area contributed by atoms with Gasteiger partial charge in [0, 0.05) is 25.2 Å². The zero-order valence-corrected chi connectivity index (χ0v) is 14.6. The maximum atomic E-state index is 11.0. The third-order valence-electron chi connectivity index (χ3n) is 4.76. The van der Waals surface area contributed by atoms with E-state index in [2.05, 4.69) is 47.9 Å². The highest BCUT2D eigenvalue weighted by atomic mass is 16.1. The molecule has 2 aromatic carbocycles. The summed E-state index contributed by atoms with van der Waals surface area (Å²) in [7, 11) is 0. The minimum atomic E-state index is -0.0399. The van der Waals surface area contributed by atoms with Crippen LogP contribution in [0.15, 0.2) is 42.5 Å². The molecule has 0 radical (unpaired) electrons. The zero-order valence-electron chi connectivity index (χ0n) is 14.6. The fourth-order valence-corrected chi connectivity index (χ4v) is 3.32. The molecule has 0 fully saturated rings. The first-order chi connectivity index (χ1) is 11.6. The molecule has 3 heteroatoms. The first-order valence-corrected chi connectivity index (χ1v) is 8.83. The van der Waals surface area contributed by atoms with Gasteiger partial charge in [0.15, 0.2) is 0 Å². The number of hydrogen-bond donors (Lipinski definition) is 2. The molecule has 1 atom stereocenters. The topological polar surface area (TPSA) is 41.1 Å². The van der Waals surface area contributed by atoms with Crippen molar-refractivity contribution in [3.63, 3.8) is 0 Å². The van der Waals surface area contributed by atoms with E-state index in [-0.39, 0.29) is 5.91 Å². The molecular weight excluding hydrogens is 296 g/mol. The number of carbonyl (C=O) groups excluding carboxylic acids is 1. The predicted molar refractivity (Wildman–Crippen MR) is 99.1 cm³/mol. The second kappa shape index (κ2) is 7.63. The van der Waals surface area contributed by atoms with Gasteiger partial charge in [-0.1, -0.05) is 30.3 Å². The summed E-state index contributed by atoms with van der Waals surface area (Å²) in [4.78, 5) is 11.0. The second-order valence-corrected chi connectivity index (χ2v) is 6.72. The van der Waals surface area contributed by atoms with Crippen molar-refractivity contribution in [1.29, 1.82) is 0 Å². The molecule has 3 nitrogen and oxygen atoms in total. The van der Waals surface area contributed by atoms with Crippen LogP contribution in [-0.4, -0.2) is 5.91 Å². The number of amides is 1. The molecule has 1 aliphatic carbocycles. The van der Waals surface area contributed by atoms with Crippen molar-refractivity contribution in [2.24, 2.45) is 0 Å². The van der Waals surface area contributed by atoms with Crippen molar-refractivity contribution in [3.8, 4) is 0 Å². The van der Waals surface area contributed by atoms with Gasteiger partial charge in [0.05, 0.1) is 0 Å². The summed E-state index contributed by atoms with van der Waals surface area (Å²) in [6.07, 6.45) is 5.10. The van der Waals surface area contributed by atoms with E-state index in [1.807, 2.05) is 12.1 Å². The van der Waals surface area contributed by atoms with E-state index in [9.17, 15) is 4.79 Å². The van der Waals surface area contributed by atoms with Gasteiger partial charge in [-0.2, -0.15) is 0 Å². The molecule has 0 saturated heterocycles. The summed E-state index contributed by atoms with van der Waals surface area (Å²) in [5, 5.41) is 6.39. The van der Waals surface area contributed by atoms with Gasteiger partial charge in [-0.05, 0) is 67.0 Å². The average molecular weight is 322 g/mol. The summed E-state index contributed by atoms with van der Waals surface area (Å²) >= 11 is 0. The van der Waals surface area contributed by atoms with Gasteiger partial charge in [0.1, 0.15) is 0 Å². The van der Waals surface area contributed by atoms with Crippen LogP contribution in [0.25, 0.3) is 0 Å². The van der Waals surface area contributed by atoms with Crippen molar-refractivity contribution >= 4 is 11.6 Å². The lowest BCUT2D eigenvalue weighted by Gasteiger charge is -2.20. The molecule has 0 aromatic heterocycles. The van der Waals surface area contributed by atoms with Crippen LogP contribution in [0.2, 0.25) is 0 Å². The monoisotopic (exact) mass is 322 g/mol. The molecule has 0 saturated carbocycles. The van der Waals surface area contributed by atoms with Gasteiger partial charge in [-0.25, -0.2) is 0 Å². The largest absolute Gasteiger partial charge is 0.326 e. The van der Waals surface area contributed by atoms with E-state index >= 15 is 0 Å². The third-order valence-corrected chi connectivity index (χ3v) is 4.76. The minimum Gasteiger partial charge on any atom is -0.326 e. The molecule has 0 bridgehead atoms. The second-order valence-electron chi connectivity index (χ2n) is 6.72. The maximum absolute atomic E-state index is 11.0. The van der Waals surface area contributed by atoms with Crippen molar-refractivity contribution in [2.45, 2.75) is 52.1 Å². The molecule has 1 amide bonds. The van der Waals surface area contributed by atoms with E-state index < -0.39 is 0 Å². The standard InChI is InChI=1S/C21H26N2O/c1-15(19-10-9-18-5-3-4-6-20(18)13-19)22-14-17-7-11-21(12-8-17)23-16(2)24/h7-13,15,22H,3-6,14H2,1-2H3,(H,23,24)/t15-/m0/s1. The molecule has 2 aromatic rings. The molecule has 0 spiro atoms. The third kappa shape index (κ3) is 4.24. The predicted octanol–water partition coefficient (Wildman–Crippen LogP) is 4.37. The number of benzene rings is 2. The van der Waals surface area contributed by atoms with E-state index in [1.165, 1.54) is 54.9 Å². The van der Waals surface area contributed by atoms with Crippen LogP contribution in [0.5, 0.6) is 0 Å². The molecule has 3 rings (SSSR count). The molecule has 1 aliphatic rings. The van der Waals surface area contributed by atoms with Gasteiger partial charge >= 0.3 is 0 Å². The fourth-order valence-electron chi connectivity index (χ4n) is 3.32. The van der Waals surface area contributed by atoms with Crippen LogP contribution in [0, 0.1) is 0 Å². The number of rotatable bonds is 5. The van der Waals surface area contributed by atoms with Gasteiger partial charge in [0.2, 0.25) is 5.91 Å². The highest BCUT2D eigenvalue weighted by Crippen LogP contribution is 2.25. The van der Waals surface area contributed by atoms with Crippen molar-refractivity contribution in [1.82, 2.24) is 5.32 Å². The average Bonchev–Trinajstić information content (AvgIpc) is 2.60. The van der Waals surface area contributed by atoms with Gasteiger partial charge in [0.25, 0.3) is 0 Å². The molecular formula is C21H26N2O. The Kier molecular flexibility index (Phi) is 5.31. The summed E-state index contributed by atoms with van der Waals surface area (Å²) in [6, 6.07) is 15.3. The molecule has 24 heavy (non-hydrogen) atoms. The van der Waals surface area contributed by atoms with Crippen LogP contribution < -0.4 is 10.6 Å². The Balaban J connectivity index is 1.59. The Hall–Kier alpha value is -2.13. The Labute approximate surface area is 144 Å². The van der Waals surface area contributed by atoms with E-state index in [0.29, 0.717) is 6.04 Å². The zero-order chi connectivity index (χ0) is 16.9. The number of fused-ring (bicyclic) bond motifs is 1. The SMILES string of the molecule is CC(=O)Nc1ccc(CN[C@@H](C)c2ccc3c(c2)CCCC3)cc1. The van der Waals surface area contributed by atoms with Crippen LogP contribution >= 0.6 is 0 Å². The number of carbonyl (C=O) groups is 1. The van der Waals surface area contributed by atoms with E-state index in [0.717, 1.165) is 12.2 Å². The Morgan fingerprint density at radius 2 is 1.75 bits per heavy atom. The van der Waals surface area contributed by atoms with Crippen LogP contribution in [0.4, 0.5) is 5.69 Å². The smallest absolute Gasteiger partial charge is 0.221 e. The minimum absolute atomic E-state index is 0.0399. The first kappa shape index (κ1) is 16.7. The van der Waals surface area contributed by atoms with E-state index in [4.69, 9.17) is 0 Å². The maximum Gasteiger partial charge on any atom is 0.221 e. The summed E-state index contributed by atoms with van der Waals surface area (Å²) in [6.45, 7) is 4.56. The number of nitrogens with one attached hydrogen (secondary N) is 2. The van der Waals surface area contributed by atoms with Gasteiger partial charge in [-0.15, -0.1) is 0 Å². The van der Waals surface area contributed by atoms with E-state index in [1.54, 1.807) is 0 Å². The first-order valence-electron chi connectivity index (χ1n) is 8.83. The molecule has 126 valence electrons. The van der Waals surface area contributed by atoms with Crippen molar-refractivity contribution in [3.05, 3.63) is 64.7 Å². The fraction of sp³-hybridized carbons (Fsp3) is 0.381. The van der Waals surface area contributed by atoms with Crippen LogP contribution in [0.1, 0.15) is 55.0 Å². The summed E-state index contributed by atoms with van der Waals surface area (Å²) in [5.41, 5.74) is 6.49. The van der Waals surface area contributed by atoms with Gasteiger partial charge in [-0.3, -0.25) is 4.79 Å². The Morgan fingerprint density at radius 3 is 2.46 bits per heavy atom. The lowest BCUT2D eigenvalue weighted by Crippen LogP contribution is -2.18. The van der Waals surface area contributed by atoms with Crippen LogP contribution in [-0.2, 0) is 24.2 Å². The number of hydrogen-bond acceptors (Lipinski definition) is 2. The number of aryl methyl sites for hydroxylation is 2. The quantitative estimate of drug-likeness (QED) is 0.858. The molecule has 0 heterocycles. The summed E-state index contributed by atoms with van der Waals surface area (Å²) < 4.78 is 0. The highest BCUT2D eigenvalue weighted by Gasteiger charge is 2.12. The van der Waals surface area contributed by atoms with Gasteiger partial charge < -0.3 is 10.6 Å². The highest BCUT2D eigenvalue weighted by molar-refractivity contribution is 5.88. The number of anilines is 1.